The fourth-order valence-electron chi connectivity index (χ4n) is 1.35. The molecule has 0 aromatic heterocycles. The predicted molar refractivity (Wildman–Crippen MR) is 45.3 cm³/mol. The SMILES string of the molecule is CCCCC1=CCCCN1O. The van der Waals surface area contributed by atoms with Crippen LogP contribution in [-0.2, 0) is 0 Å². The average Bonchev–Trinajstić information content (AvgIpc) is 2.03. The molecule has 1 rings (SSSR count). The quantitative estimate of drug-likeness (QED) is 0.677. The maximum atomic E-state index is 9.36. The number of nitrogens with zero attached hydrogens (tertiary/aromatic N) is 1. The highest BCUT2D eigenvalue weighted by Crippen LogP contribution is 2.17. The lowest BCUT2D eigenvalue weighted by Gasteiger charge is -2.23. The summed E-state index contributed by atoms with van der Waals surface area (Å²) in [5, 5.41) is 10.8. The maximum Gasteiger partial charge on any atom is 0.0452 e. The molecule has 1 aliphatic rings. The normalized spacial score (nSPS) is 18.4. The molecule has 1 aliphatic heterocycles. The van der Waals surface area contributed by atoms with Crippen LogP contribution in [0, 0.1) is 0 Å². The molecule has 0 aromatic carbocycles. The molecule has 0 bridgehead atoms. The first-order chi connectivity index (χ1) is 5.34. The van der Waals surface area contributed by atoms with Crippen LogP contribution in [0.3, 0.4) is 0 Å². The van der Waals surface area contributed by atoms with E-state index in [-0.39, 0.29) is 0 Å². The van der Waals surface area contributed by atoms with Crippen molar-refractivity contribution in [2.75, 3.05) is 6.54 Å². The van der Waals surface area contributed by atoms with E-state index in [9.17, 15) is 5.21 Å². The van der Waals surface area contributed by atoms with Crippen molar-refractivity contribution in [3.8, 4) is 0 Å². The van der Waals surface area contributed by atoms with Crippen molar-refractivity contribution >= 4 is 0 Å². The first-order valence-electron chi connectivity index (χ1n) is 4.50. The summed E-state index contributed by atoms with van der Waals surface area (Å²) < 4.78 is 0. The molecule has 64 valence electrons. The standard InChI is InChI=1S/C9H17NO/c1-2-3-6-9-7-4-5-8-10(9)11/h7,11H,2-6,8H2,1H3. The van der Waals surface area contributed by atoms with E-state index >= 15 is 0 Å². The van der Waals surface area contributed by atoms with Crippen LogP contribution >= 0.6 is 0 Å². The number of hydrogen-bond acceptors (Lipinski definition) is 2. The van der Waals surface area contributed by atoms with Crippen LogP contribution in [0.1, 0.15) is 39.0 Å². The highest BCUT2D eigenvalue weighted by Gasteiger charge is 2.09. The lowest BCUT2D eigenvalue weighted by atomic mass is 10.1. The zero-order valence-corrected chi connectivity index (χ0v) is 7.21. The third kappa shape index (κ3) is 2.54. The molecule has 1 heterocycles. The zero-order chi connectivity index (χ0) is 8.10. The second-order valence-corrected chi connectivity index (χ2v) is 3.06. The van der Waals surface area contributed by atoms with Gasteiger partial charge in [0.05, 0.1) is 0 Å². The van der Waals surface area contributed by atoms with Gasteiger partial charge in [-0.05, 0) is 25.7 Å². The van der Waals surface area contributed by atoms with E-state index in [1.54, 1.807) is 0 Å². The van der Waals surface area contributed by atoms with Crippen LogP contribution < -0.4 is 0 Å². The lowest BCUT2D eigenvalue weighted by Crippen LogP contribution is -2.22. The summed E-state index contributed by atoms with van der Waals surface area (Å²) in [6, 6.07) is 0. The van der Waals surface area contributed by atoms with E-state index < -0.39 is 0 Å². The van der Waals surface area contributed by atoms with Gasteiger partial charge in [-0.2, -0.15) is 0 Å². The molecule has 0 radical (unpaired) electrons. The Morgan fingerprint density at radius 3 is 3.09 bits per heavy atom. The maximum absolute atomic E-state index is 9.36. The van der Waals surface area contributed by atoms with Crippen molar-refractivity contribution in [3.05, 3.63) is 11.8 Å². The lowest BCUT2D eigenvalue weighted by molar-refractivity contribution is -0.0639. The van der Waals surface area contributed by atoms with Gasteiger partial charge >= 0.3 is 0 Å². The Hall–Kier alpha value is -0.500. The minimum atomic E-state index is 0.815. The van der Waals surface area contributed by atoms with Crippen molar-refractivity contribution in [1.29, 1.82) is 0 Å². The van der Waals surface area contributed by atoms with Gasteiger partial charge in [-0.3, -0.25) is 10.3 Å². The highest BCUT2D eigenvalue weighted by atomic mass is 16.5. The molecule has 11 heavy (non-hydrogen) atoms. The summed E-state index contributed by atoms with van der Waals surface area (Å²) in [5.74, 6) is 0. The molecule has 0 aliphatic carbocycles. The van der Waals surface area contributed by atoms with Crippen molar-refractivity contribution in [2.24, 2.45) is 0 Å². The second kappa shape index (κ2) is 4.39. The van der Waals surface area contributed by atoms with E-state index in [1.165, 1.54) is 17.9 Å². The van der Waals surface area contributed by atoms with E-state index in [1.807, 2.05) is 0 Å². The molecule has 0 saturated heterocycles. The Kier molecular flexibility index (Phi) is 3.43. The number of hydroxylamine groups is 2. The van der Waals surface area contributed by atoms with E-state index in [0.717, 1.165) is 31.5 Å². The first-order valence-corrected chi connectivity index (χ1v) is 4.50. The summed E-state index contributed by atoms with van der Waals surface area (Å²) >= 11 is 0. The molecule has 0 unspecified atom stereocenters. The summed E-state index contributed by atoms with van der Waals surface area (Å²) in [5.41, 5.74) is 1.12. The summed E-state index contributed by atoms with van der Waals surface area (Å²) in [6.07, 6.45) is 7.79. The van der Waals surface area contributed by atoms with E-state index in [4.69, 9.17) is 0 Å². The van der Waals surface area contributed by atoms with Gasteiger partial charge in [-0.25, -0.2) is 0 Å². The molecule has 0 saturated carbocycles. The second-order valence-electron chi connectivity index (χ2n) is 3.06. The summed E-state index contributed by atoms with van der Waals surface area (Å²) in [4.78, 5) is 0. The van der Waals surface area contributed by atoms with Gasteiger partial charge in [0.15, 0.2) is 0 Å². The fourth-order valence-corrected chi connectivity index (χ4v) is 1.35. The van der Waals surface area contributed by atoms with Crippen LogP contribution in [0.25, 0.3) is 0 Å². The topological polar surface area (TPSA) is 23.5 Å². The molecule has 2 nitrogen and oxygen atoms in total. The Labute approximate surface area is 68.5 Å². The van der Waals surface area contributed by atoms with Gasteiger partial charge in [-0.1, -0.05) is 19.4 Å². The number of allylic oxidation sites excluding steroid dienone is 2. The van der Waals surface area contributed by atoms with Crippen molar-refractivity contribution < 1.29 is 5.21 Å². The van der Waals surface area contributed by atoms with Gasteiger partial charge in [-0.15, -0.1) is 0 Å². The van der Waals surface area contributed by atoms with Crippen LogP contribution in [-0.4, -0.2) is 16.8 Å². The smallest absolute Gasteiger partial charge is 0.0452 e. The Morgan fingerprint density at radius 2 is 2.45 bits per heavy atom. The van der Waals surface area contributed by atoms with Crippen molar-refractivity contribution in [3.63, 3.8) is 0 Å². The molecule has 1 N–H and O–H groups in total. The van der Waals surface area contributed by atoms with Crippen LogP contribution in [0.15, 0.2) is 11.8 Å². The van der Waals surface area contributed by atoms with Gasteiger partial charge in [0.25, 0.3) is 0 Å². The molecular weight excluding hydrogens is 138 g/mol. The molecule has 2 heteroatoms. The summed E-state index contributed by atoms with van der Waals surface area (Å²) in [6.45, 7) is 2.99. The molecule has 0 spiro atoms. The third-order valence-corrected chi connectivity index (χ3v) is 2.07. The minimum Gasteiger partial charge on any atom is -0.289 e. The van der Waals surface area contributed by atoms with Crippen LogP contribution in [0.2, 0.25) is 0 Å². The first kappa shape index (κ1) is 8.60. The fraction of sp³-hybridized carbons (Fsp3) is 0.778. The van der Waals surface area contributed by atoms with Crippen molar-refractivity contribution in [1.82, 2.24) is 5.06 Å². The van der Waals surface area contributed by atoms with Gasteiger partial charge in [0.1, 0.15) is 0 Å². The number of rotatable bonds is 3. The third-order valence-electron chi connectivity index (χ3n) is 2.07. The zero-order valence-electron chi connectivity index (χ0n) is 7.21. The Bertz CT molecular complexity index is 142. The summed E-state index contributed by atoms with van der Waals surface area (Å²) in [7, 11) is 0. The van der Waals surface area contributed by atoms with Crippen LogP contribution in [0.5, 0.6) is 0 Å². The van der Waals surface area contributed by atoms with Crippen molar-refractivity contribution in [2.45, 2.75) is 39.0 Å². The number of hydrogen-bond donors (Lipinski definition) is 1. The molecule has 0 fully saturated rings. The van der Waals surface area contributed by atoms with Crippen LogP contribution in [0.4, 0.5) is 0 Å². The van der Waals surface area contributed by atoms with E-state index in [0.29, 0.717) is 0 Å². The molecule has 0 aromatic rings. The average molecular weight is 155 g/mol. The number of unbranched alkanes of at least 4 members (excludes halogenated alkanes) is 1. The highest BCUT2D eigenvalue weighted by molar-refractivity contribution is 5.01. The van der Waals surface area contributed by atoms with Gasteiger partial charge < -0.3 is 0 Å². The monoisotopic (exact) mass is 155 g/mol. The van der Waals surface area contributed by atoms with Gasteiger partial charge in [0, 0.05) is 12.2 Å². The molecular formula is C9H17NO. The van der Waals surface area contributed by atoms with E-state index in [2.05, 4.69) is 13.0 Å². The molecule has 0 atom stereocenters. The predicted octanol–water partition coefficient (Wildman–Crippen LogP) is 2.55. The Morgan fingerprint density at radius 1 is 1.64 bits per heavy atom. The van der Waals surface area contributed by atoms with Gasteiger partial charge in [0.2, 0.25) is 0 Å². The molecule has 0 amide bonds. The Balaban J connectivity index is 2.34. The largest absolute Gasteiger partial charge is 0.289 e. The minimum absolute atomic E-state index is 0.815.